The molecular formula is C18H18N4OS. The van der Waals surface area contributed by atoms with E-state index >= 15 is 0 Å². The average molecular weight is 338 g/mol. The number of nitrogens with zero attached hydrogens (tertiary/aromatic N) is 3. The summed E-state index contributed by atoms with van der Waals surface area (Å²) in [4.78, 5) is 21.3. The zero-order valence-electron chi connectivity index (χ0n) is 13.4. The molecule has 0 radical (unpaired) electrons. The molecule has 0 unspecified atom stereocenters. The number of hydrogen-bond acceptors (Lipinski definition) is 4. The van der Waals surface area contributed by atoms with E-state index in [1.54, 1.807) is 11.3 Å². The van der Waals surface area contributed by atoms with Gasteiger partial charge in [-0.1, -0.05) is 30.3 Å². The van der Waals surface area contributed by atoms with Gasteiger partial charge in [0, 0.05) is 17.0 Å². The van der Waals surface area contributed by atoms with E-state index in [-0.39, 0.29) is 11.9 Å². The Bertz CT molecular complexity index is 855. The van der Waals surface area contributed by atoms with Crippen molar-refractivity contribution in [3.05, 3.63) is 58.0 Å². The molecular weight excluding hydrogens is 320 g/mol. The van der Waals surface area contributed by atoms with Gasteiger partial charge in [-0.2, -0.15) is 5.10 Å². The number of likely N-dealkylation sites (tertiary alicyclic amines) is 1. The Kier molecular flexibility index (Phi) is 3.90. The molecule has 3 aromatic rings. The third kappa shape index (κ3) is 2.73. The van der Waals surface area contributed by atoms with E-state index in [1.807, 2.05) is 54.3 Å². The van der Waals surface area contributed by atoms with Crippen molar-refractivity contribution >= 4 is 17.2 Å². The molecule has 1 fully saturated rings. The molecule has 5 nitrogen and oxygen atoms in total. The van der Waals surface area contributed by atoms with Crippen LogP contribution >= 0.6 is 11.3 Å². The predicted molar refractivity (Wildman–Crippen MR) is 93.9 cm³/mol. The van der Waals surface area contributed by atoms with E-state index in [1.165, 1.54) is 0 Å². The van der Waals surface area contributed by atoms with Gasteiger partial charge in [0.1, 0.15) is 5.82 Å². The Morgan fingerprint density at radius 2 is 2.08 bits per heavy atom. The fourth-order valence-electron chi connectivity index (χ4n) is 3.12. The first-order valence-corrected chi connectivity index (χ1v) is 8.89. The Labute approximate surface area is 144 Å². The summed E-state index contributed by atoms with van der Waals surface area (Å²) in [5, 5.41) is 7.37. The Morgan fingerprint density at radius 1 is 1.25 bits per heavy atom. The number of benzene rings is 1. The number of aromatic nitrogens is 3. The van der Waals surface area contributed by atoms with Crippen molar-refractivity contribution in [2.75, 3.05) is 6.54 Å². The van der Waals surface area contributed by atoms with Crippen LogP contribution in [-0.4, -0.2) is 32.5 Å². The molecule has 1 amide bonds. The van der Waals surface area contributed by atoms with Crippen LogP contribution in [0.4, 0.5) is 0 Å². The zero-order chi connectivity index (χ0) is 16.5. The van der Waals surface area contributed by atoms with Crippen LogP contribution in [0.1, 0.15) is 39.3 Å². The summed E-state index contributed by atoms with van der Waals surface area (Å²) in [7, 11) is 0. The van der Waals surface area contributed by atoms with Crippen LogP contribution in [0.15, 0.2) is 42.5 Å². The lowest BCUT2D eigenvalue weighted by Crippen LogP contribution is -2.30. The number of H-pyrrole nitrogens is 1. The Morgan fingerprint density at radius 3 is 2.83 bits per heavy atom. The molecule has 1 atom stereocenters. The van der Waals surface area contributed by atoms with Crippen LogP contribution < -0.4 is 0 Å². The van der Waals surface area contributed by atoms with Gasteiger partial charge in [0.25, 0.3) is 5.91 Å². The fourth-order valence-corrected chi connectivity index (χ4v) is 3.95. The Hall–Kier alpha value is -2.47. The summed E-state index contributed by atoms with van der Waals surface area (Å²) in [5.41, 5.74) is 0.977. The minimum atomic E-state index is -0.0233. The summed E-state index contributed by atoms with van der Waals surface area (Å²) >= 11 is 1.54. The predicted octanol–water partition coefficient (Wildman–Crippen LogP) is 3.82. The van der Waals surface area contributed by atoms with E-state index in [9.17, 15) is 4.79 Å². The van der Waals surface area contributed by atoms with E-state index < -0.39 is 0 Å². The maximum atomic E-state index is 12.8. The Balaban J connectivity index is 1.59. The number of nitrogens with one attached hydrogen (secondary N) is 1. The standard InChI is InChI=1S/C18H18N4OS/c1-12-9-10-15(24-12)18(23)22-11-5-8-14(22)17-19-16(20-21-17)13-6-3-2-4-7-13/h2-4,6-7,9-10,14H,5,8,11H2,1H3,(H,19,20,21)/t14-/m0/s1. The molecule has 0 saturated carbocycles. The monoisotopic (exact) mass is 338 g/mol. The van der Waals surface area contributed by atoms with Gasteiger partial charge in [-0.25, -0.2) is 4.98 Å². The second kappa shape index (κ2) is 6.20. The smallest absolute Gasteiger partial charge is 0.264 e. The van der Waals surface area contributed by atoms with Gasteiger partial charge in [0.05, 0.1) is 10.9 Å². The molecule has 4 rings (SSSR count). The molecule has 1 N–H and O–H groups in total. The molecule has 6 heteroatoms. The third-order valence-electron chi connectivity index (χ3n) is 4.32. The first-order chi connectivity index (χ1) is 11.7. The van der Waals surface area contributed by atoms with E-state index in [2.05, 4.69) is 15.2 Å². The molecule has 0 aliphatic carbocycles. The lowest BCUT2D eigenvalue weighted by Gasteiger charge is -2.22. The van der Waals surface area contributed by atoms with Crippen molar-refractivity contribution in [2.45, 2.75) is 25.8 Å². The fraction of sp³-hybridized carbons (Fsp3) is 0.278. The van der Waals surface area contributed by atoms with Gasteiger partial charge < -0.3 is 4.90 Å². The van der Waals surface area contributed by atoms with Crippen LogP contribution in [0.2, 0.25) is 0 Å². The van der Waals surface area contributed by atoms with Gasteiger partial charge >= 0.3 is 0 Å². The van der Waals surface area contributed by atoms with Crippen molar-refractivity contribution in [2.24, 2.45) is 0 Å². The highest BCUT2D eigenvalue weighted by molar-refractivity contribution is 7.13. The van der Waals surface area contributed by atoms with Gasteiger partial charge in [-0.3, -0.25) is 9.89 Å². The molecule has 1 aliphatic rings. The topological polar surface area (TPSA) is 61.9 Å². The van der Waals surface area contributed by atoms with Crippen molar-refractivity contribution < 1.29 is 4.79 Å². The minimum Gasteiger partial charge on any atom is -0.328 e. The molecule has 1 aromatic carbocycles. The van der Waals surface area contributed by atoms with Crippen molar-refractivity contribution in [1.82, 2.24) is 20.1 Å². The summed E-state index contributed by atoms with van der Waals surface area (Å²) in [6.07, 6.45) is 1.90. The van der Waals surface area contributed by atoms with E-state index in [4.69, 9.17) is 0 Å². The zero-order valence-corrected chi connectivity index (χ0v) is 14.2. The molecule has 3 heterocycles. The summed E-state index contributed by atoms with van der Waals surface area (Å²) < 4.78 is 0. The lowest BCUT2D eigenvalue weighted by atomic mass is 10.2. The number of thiophene rings is 1. The number of carbonyl (C=O) groups is 1. The van der Waals surface area contributed by atoms with Gasteiger partial charge in [0.15, 0.2) is 5.82 Å². The van der Waals surface area contributed by atoms with Crippen LogP contribution in [0, 0.1) is 6.92 Å². The van der Waals surface area contributed by atoms with Crippen LogP contribution in [0.25, 0.3) is 11.4 Å². The highest BCUT2D eigenvalue weighted by Crippen LogP contribution is 2.33. The van der Waals surface area contributed by atoms with Crippen LogP contribution in [-0.2, 0) is 0 Å². The average Bonchev–Trinajstić information content (AvgIpc) is 3.34. The van der Waals surface area contributed by atoms with E-state index in [0.717, 1.165) is 40.5 Å². The number of aryl methyl sites for hydroxylation is 1. The minimum absolute atomic E-state index is 0.0233. The first kappa shape index (κ1) is 15.1. The summed E-state index contributed by atoms with van der Waals surface area (Å²) in [6, 6.07) is 13.8. The number of carbonyl (C=O) groups excluding carboxylic acids is 1. The summed E-state index contributed by atoms with van der Waals surface area (Å²) in [6.45, 7) is 2.79. The molecule has 122 valence electrons. The lowest BCUT2D eigenvalue weighted by molar-refractivity contribution is 0.0735. The molecule has 0 spiro atoms. The largest absolute Gasteiger partial charge is 0.328 e. The summed E-state index contributed by atoms with van der Waals surface area (Å²) in [5.74, 6) is 1.54. The molecule has 2 aromatic heterocycles. The van der Waals surface area contributed by atoms with Gasteiger partial charge in [0.2, 0.25) is 0 Å². The normalized spacial score (nSPS) is 17.4. The van der Waals surface area contributed by atoms with Gasteiger partial charge in [-0.05, 0) is 31.9 Å². The SMILES string of the molecule is Cc1ccc(C(=O)N2CCC[C@H]2c2nc(-c3ccccc3)n[nH]2)s1. The number of rotatable bonds is 3. The molecule has 1 aliphatic heterocycles. The molecule has 0 bridgehead atoms. The maximum Gasteiger partial charge on any atom is 0.264 e. The maximum absolute atomic E-state index is 12.8. The van der Waals surface area contributed by atoms with Crippen molar-refractivity contribution in [1.29, 1.82) is 0 Å². The first-order valence-electron chi connectivity index (χ1n) is 8.07. The molecule has 24 heavy (non-hydrogen) atoms. The molecule has 1 saturated heterocycles. The van der Waals surface area contributed by atoms with E-state index in [0.29, 0.717) is 5.82 Å². The second-order valence-electron chi connectivity index (χ2n) is 5.98. The quantitative estimate of drug-likeness (QED) is 0.790. The van der Waals surface area contributed by atoms with Crippen LogP contribution in [0.5, 0.6) is 0 Å². The number of hydrogen-bond donors (Lipinski definition) is 1. The second-order valence-corrected chi connectivity index (χ2v) is 7.27. The van der Waals surface area contributed by atoms with Crippen molar-refractivity contribution in [3.63, 3.8) is 0 Å². The van der Waals surface area contributed by atoms with Crippen molar-refractivity contribution in [3.8, 4) is 11.4 Å². The number of aromatic amines is 1. The van der Waals surface area contributed by atoms with Crippen LogP contribution in [0.3, 0.4) is 0 Å². The highest BCUT2D eigenvalue weighted by Gasteiger charge is 2.33. The number of amides is 1. The third-order valence-corrected chi connectivity index (χ3v) is 5.30. The highest BCUT2D eigenvalue weighted by atomic mass is 32.1. The van der Waals surface area contributed by atoms with Gasteiger partial charge in [-0.15, -0.1) is 11.3 Å².